The molecule has 0 aliphatic heterocycles. The van der Waals surface area contributed by atoms with Gasteiger partial charge in [0.15, 0.2) is 0 Å². The first-order chi connectivity index (χ1) is 5.29. The molecule has 0 aliphatic rings. The van der Waals surface area contributed by atoms with E-state index in [0.717, 1.165) is 6.42 Å². The van der Waals surface area contributed by atoms with Gasteiger partial charge in [-0.2, -0.15) is 0 Å². The Morgan fingerprint density at radius 2 is 2.18 bits per heavy atom. The summed E-state index contributed by atoms with van der Waals surface area (Å²) in [5.74, 6) is 0. The maximum absolute atomic E-state index is 5.57. The van der Waals surface area contributed by atoms with Crippen LogP contribution < -0.4 is 5.73 Å². The fraction of sp³-hybridized carbons (Fsp3) is 0.333. The zero-order valence-electron chi connectivity index (χ0n) is 6.60. The zero-order valence-corrected chi connectivity index (χ0v) is 8.19. The topological polar surface area (TPSA) is 26.0 Å². The van der Waals surface area contributed by atoms with Crippen LogP contribution in [-0.4, -0.2) is 0 Å². The molecule has 2 heteroatoms. The fourth-order valence-corrected chi connectivity index (χ4v) is 1.88. The lowest BCUT2D eigenvalue weighted by molar-refractivity contribution is 0.996. The third-order valence-corrected chi connectivity index (χ3v) is 2.53. The molecule has 0 radical (unpaired) electrons. The molecule has 0 unspecified atom stereocenters. The first-order valence-corrected chi connectivity index (χ1v) is 4.55. The third kappa shape index (κ3) is 1.82. The SMILES string of the molecule is CCc1c(Br)cccc1CN. The number of hydrogen-bond acceptors (Lipinski definition) is 1. The summed E-state index contributed by atoms with van der Waals surface area (Å²) in [5, 5.41) is 0. The van der Waals surface area contributed by atoms with Gasteiger partial charge in [-0.25, -0.2) is 0 Å². The molecule has 0 aliphatic carbocycles. The Morgan fingerprint density at radius 3 is 2.64 bits per heavy atom. The molecule has 0 bridgehead atoms. The van der Waals surface area contributed by atoms with E-state index in [2.05, 4.69) is 35.0 Å². The van der Waals surface area contributed by atoms with E-state index in [1.165, 1.54) is 15.6 Å². The van der Waals surface area contributed by atoms with Crippen molar-refractivity contribution in [2.24, 2.45) is 5.73 Å². The second-order valence-corrected chi connectivity index (χ2v) is 3.29. The van der Waals surface area contributed by atoms with Gasteiger partial charge in [0.1, 0.15) is 0 Å². The van der Waals surface area contributed by atoms with Crippen molar-refractivity contribution in [3.8, 4) is 0 Å². The van der Waals surface area contributed by atoms with Crippen LogP contribution in [0.4, 0.5) is 0 Å². The molecule has 0 fully saturated rings. The standard InChI is InChI=1S/C9H12BrN/c1-2-8-7(6-11)4-3-5-9(8)10/h3-5H,2,6,11H2,1H3. The maximum atomic E-state index is 5.57. The van der Waals surface area contributed by atoms with Gasteiger partial charge in [0.05, 0.1) is 0 Å². The number of halogens is 1. The summed E-state index contributed by atoms with van der Waals surface area (Å²) in [5.41, 5.74) is 8.14. The van der Waals surface area contributed by atoms with Crippen LogP contribution in [0, 0.1) is 0 Å². The molecule has 11 heavy (non-hydrogen) atoms. The predicted molar refractivity (Wildman–Crippen MR) is 51.4 cm³/mol. The van der Waals surface area contributed by atoms with E-state index in [4.69, 9.17) is 5.73 Å². The highest BCUT2D eigenvalue weighted by atomic mass is 79.9. The van der Waals surface area contributed by atoms with Crippen molar-refractivity contribution in [2.75, 3.05) is 0 Å². The predicted octanol–water partition coefficient (Wildman–Crippen LogP) is 2.47. The molecule has 0 saturated carbocycles. The molecule has 0 aromatic heterocycles. The number of rotatable bonds is 2. The molecule has 1 aromatic carbocycles. The number of benzene rings is 1. The van der Waals surface area contributed by atoms with Crippen LogP contribution in [0.25, 0.3) is 0 Å². The molecule has 2 N–H and O–H groups in total. The van der Waals surface area contributed by atoms with Crippen LogP contribution in [0.2, 0.25) is 0 Å². The summed E-state index contributed by atoms with van der Waals surface area (Å²) in [6.45, 7) is 2.77. The van der Waals surface area contributed by atoms with E-state index in [9.17, 15) is 0 Å². The Morgan fingerprint density at radius 1 is 1.45 bits per heavy atom. The van der Waals surface area contributed by atoms with Crippen LogP contribution in [0.5, 0.6) is 0 Å². The van der Waals surface area contributed by atoms with Crippen molar-refractivity contribution in [1.29, 1.82) is 0 Å². The van der Waals surface area contributed by atoms with E-state index in [1.807, 2.05) is 6.07 Å². The lowest BCUT2D eigenvalue weighted by Gasteiger charge is -2.06. The van der Waals surface area contributed by atoms with Gasteiger partial charge in [-0.3, -0.25) is 0 Å². The average molecular weight is 214 g/mol. The molecule has 0 saturated heterocycles. The van der Waals surface area contributed by atoms with Gasteiger partial charge in [-0.15, -0.1) is 0 Å². The monoisotopic (exact) mass is 213 g/mol. The summed E-state index contributed by atoms with van der Waals surface area (Å²) >= 11 is 3.49. The van der Waals surface area contributed by atoms with E-state index in [0.29, 0.717) is 6.54 Å². The van der Waals surface area contributed by atoms with E-state index in [-0.39, 0.29) is 0 Å². The minimum absolute atomic E-state index is 0.628. The van der Waals surface area contributed by atoms with E-state index >= 15 is 0 Å². The van der Waals surface area contributed by atoms with E-state index in [1.54, 1.807) is 0 Å². The largest absolute Gasteiger partial charge is 0.326 e. The summed E-state index contributed by atoms with van der Waals surface area (Å²) in [4.78, 5) is 0. The van der Waals surface area contributed by atoms with Crippen molar-refractivity contribution < 1.29 is 0 Å². The quantitative estimate of drug-likeness (QED) is 0.803. The smallest absolute Gasteiger partial charge is 0.0210 e. The molecular weight excluding hydrogens is 202 g/mol. The van der Waals surface area contributed by atoms with Gasteiger partial charge in [0.25, 0.3) is 0 Å². The van der Waals surface area contributed by atoms with Gasteiger partial charge in [0.2, 0.25) is 0 Å². The summed E-state index contributed by atoms with van der Waals surface area (Å²) in [6.07, 6.45) is 1.04. The Labute approximate surface area is 75.7 Å². The molecular formula is C9H12BrN. The first kappa shape index (κ1) is 8.75. The van der Waals surface area contributed by atoms with Crippen LogP contribution >= 0.6 is 15.9 Å². The minimum atomic E-state index is 0.628. The first-order valence-electron chi connectivity index (χ1n) is 3.76. The lowest BCUT2D eigenvalue weighted by Crippen LogP contribution is -2.01. The van der Waals surface area contributed by atoms with Crippen LogP contribution in [0.3, 0.4) is 0 Å². The molecule has 1 nitrogen and oxygen atoms in total. The average Bonchev–Trinajstić information content (AvgIpc) is 2.04. The minimum Gasteiger partial charge on any atom is -0.326 e. The highest BCUT2D eigenvalue weighted by Gasteiger charge is 2.01. The molecule has 1 aromatic rings. The summed E-state index contributed by atoms with van der Waals surface area (Å²) in [6, 6.07) is 6.15. The zero-order chi connectivity index (χ0) is 8.27. The Kier molecular flexibility index (Phi) is 3.09. The Bertz CT molecular complexity index is 245. The molecule has 1 rings (SSSR count). The van der Waals surface area contributed by atoms with Gasteiger partial charge in [0, 0.05) is 11.0 Å². The van der Waals surface area contributed by atoms with Gasteiger partial charge < -0.3 is 5.73 Å². The van der Waals surface area contributed by atoms with Crippen LogP contribution in [-0.2, 0) is 13.0 Å². The fourth-order valence-electron chi connectivity index (χ4n) is 1.19. The number of nitrogens with two attached hydrogens (primary N) is 1. The molecule has 0 amide bonds. The van der Waals surface area contributed by atoms with Crippen molar-refractivity contribution in [1.82, 2.24) is 0 Å². The van der Waals surface area contributed by atoms with Crippen LogP contribution in [0.1, 0.15) is 18.1 Å². The molecule has 0 atom stereocenters. The molecule has 0 spiro atoms. The second kappa shape index (κ2) is 3.88. The highest BCUT2D eigenvalue weighted by Crippen LogP contribution is 2.20. The van der Waals surface area contributed by atoms with Crippen molar-refractivity contribution in [2.45, 2.75) is 19.9 Å². The van der Waals surface area contributed by atoms with Crippen molar-refractivity contribution >= 4 is 15.9 Å². The normalized spacial score (nSPS) is 10.1. The highest BCUT2D eigenvalue weighted by molar-refractivity contribution is 9.10. The lowest BCUT2D eigenvalue weighted by atomic mass is 10.1. The van der Waals surface area contributed by atoms with Crippen LogP contribution in [0.15, 0.2) is 22.7 Å². The van der Waals surface area contributed by atoms with Gasteiger partial charge in [-0.1, -0.05) is 35.0 Å². The third-order valence-electron chi connectivity index (χ3n) is 1.79. The summed E-state index contributed by atoms with van der Waals surface area (Å²) in [7, 11) is 0. The Hall–Kier alpha value is -0.340. The summed E-state index contributed by atoms with van der Waals surface area (Å²) < 4.78 is 1.17. The van der Waals surface area contributed by atoms with Crippen molar-refractivity contribution in [3.05, 3.63) is 33.8 Å². The number of hydrogen-bond donors (Lipinski definition) is 1. The van der Waals surface area contributed by atoms with Gasteiger partial charge in [-0.05, 0) is 23.6 Å². The Balaban J connectivity index is 3.13. The molecule has 0 heterocycles. The maximum Gasteiger partial charge on any atom is 0.0210 e. The molecule has 60 valence electrons. The van der Waals surface area contributed by atoms with Gasteiger partial charge >= 0.3 is 0 Å². The second-order valence-electron chi connectivity index (χ2n) is 2.44. The van der Waals surface area contributed by atoms with E-state index < -0.39 is 0 Å². The van der Waals surface area contributed by atoms with Crippen molar-refractivity contribution in [3.63, 3.8) is 0 Å².